The second-order valence-corrected chi connectivity index (χ2v) is 7.62. The van der Waals surface area contributed by atoms with E-state index in [1.165, 1.54) is 62.3 Å². The predicted molar refractivity (Wildman–Crippen MR) is 94.9 cm³/mol. The van der Waals surface area contributed by atoms with Gasteiger partial charge in [-0.15, -0.1) is 0 Å². The molecule has 8 nitrogen and oxygen atoms in total. The first-order valence-electron chi connectivity index (χ1n) is 7.91. The summed E-state index contributed by atoms with van der Waals surface area (Å²) in [6, 6.07) is 5.78. The maximum Gasteiger partial charge on any atom is 0.307 e. The number of benzene rings is 1. The van der Waals surface area contributed by atoms with Gasteiger partial charge < -0.3 is 14.6 Å². The average molecular weight is 397 g/mol. The molecule has 0 saturated carbocycles. The summed E-state index contributed by atoms with van der Waals surface area (Å²) < 4.78 is 45.1. The number of esters is 1. The van der Waals surface area contributed by atoms with E-state index in [1.807, 2.05) is 0 Å². The second-order valence-electron chi connectivity index (χ2n) is 5.74. The van der Waals surface area contributed by atoms with Crippen LogP contribution in [-0.2, 0) is 26.6 Å². The molecule has 1 heterocycles. The summed E-state index contributed by atoms with van der Waals surface area (Å²) in [5, 5.41) is 2.66. The lowest BCUT2D eigenvalue weighted by Crippen LogP contribution is -2.31. The van der Waals surface area contributed by atoms with Crippen LogP contribution >= 0.6 is 0 Å². The maximum atomic E-state index is 13.2. The fraction of sp³-hybridized carbons (Fsp3) is 0.294. The highest BCUT2D eigenvalue weighted by molar-refractivity contribution is 7.89. The molecule has 2 rings (SSSR count). The van der Waals surface area contributed by atoms with Crippen LogP contribution in [-0.4, -0.2) is 39.0 Å². The van der Waals surface area contributed by atoms with Gasteiger partial charge in [0.05, 0.1) is 19.6 Å². The van der Waals surface area contributed by atoms with Crippen LogP contribution in [0.4, 0.5) is 4.39 Å². The van der Waals surface area contributed by atoms with Gasteiger partial charge in [-0.25, -0.2) is 17.5 Å². The third-order valence-corrected chi connectivity index (χ3v) is 5.35. The number of carbonyl (C=O) groups excluding carboxylic acids is 2. The molecule has 1 unspecified atom stereocenters. The summed E-state index contributed by atoms with van der Waals surface area (Å²) >= 11 is 0. The van der Waals surface area contributed by atoms with Crippen molar-refractivity contribution in [2.45, 2.75) is 17.4 Å². The van der Waals surface area contributed by atoms with E-state index in [1.54, 1.807) is 0 Å². The molecule has 2 N–H and O–H groups in total. The second kappa shape index (κ2) is 8.31. The Labute approximate surface area is 156 Å². The smallest absolute Gasteiger partial charge is 0.307 e. The summed E-state index contributed by atoms with van der Waals surface area (Å²) in [5.74, 6) is -1.60. The van der Waals surface area contributed by atoms with Crippen LogP contribution in [0.2, 0.25) is 0 Å². The number of sulfonamides is 1. The van der Waals surface area contributed by atoms with Gasteiger partial charge in [0.15, 0.2) is 0 Å². The molecule has 1 aromatic carbocycles. The van der Waals surface area contributed by atoms with Crippen molar-refractivity contribution in [3.05, 3.63) is 53.6 Å². The summed E-state index contributed by atoms with van der Waals surface area (Å²) in [6.07, 6.45) is 1.13. The Bertz CT molecular complexity index is 938. The molecule has 0 aliphatic rings. The number of nitrogens with one attached hydrogen (secondary N) is 2. The number of carbonyl (C=O) groups is 2. The first-order chi connectivity index (χ1) is 12.7. The fourth-order valence-electron chi connectivity index (χ4n) is 2.45. The van der Waals surface area contributed by atoms with Gasteiger partial charge in [0.2, 0.25) is 10.0 Å². The average Bonchev–Trinajstić information content (AvgIpc) is 3.04. The van der Waals surface area contributed by atoms with Crippen molar-refractivity contribution in [2.75, 3.05) is 14.2 Å². The molecule has 0 saturated heterocycles. The van der Waals surface area contributed by atoms with Crippen LogP contribution < -0.4 is 10.0 Å². The van der Waals surface area contributed by atoms with E-state index in [0.717, 1.165) is 0 Å². The largest absolute Gasteiger partial charge is 0.469 e. The van der Waals surface area contributed by atoms with Crippen molar-refractivity contribution in [2.24, 2.45) is 7.05 Å². The van der Waals surface area contributed by atoms with Crippen LogP contribution in [0.1, 0.15) is 28.5 Å². The number of rotatable bonds is 7. The molecule has 2 aromatic rings. The number of hydrogen-bond donors (Lipinski definition) is 2. The van der Waals surface area contributed by atoms with Gasteiger partial charge in [-0.2, -0.15) is 0 Å². The lowest BCUT2D eigenvalue weighted by Gasteiger charge is -2.18. The zero-order valence-corrected chi connectivity index (χ0v) is 15.8. The molecule has 27 heavy (non-hydrogen) atoms. The highest BCUT2D eigenvalue weighted by atomic mass is 32.2. The normalized spacial score (nSPS) is 12.4. The molecule has 0 aliphatic carbocycles. The molecule has 0 fully saturated rings. The van der Waals surface area contributed by atoms with Gasteiger partial charge >= 0.3 is 5.97 Å². The van der Waals surface area contributed by atoms with Gasteiger partial charge in [-0.1, -0.05) is 12.1 Å². The van der Waals surface area contributed by atoms with Crippen molar-refractivity contribution in [3.63, 3.8) is 0 Å². The Kier molecular flexibility index (Phi) is 6.34. The zero-order valence-electron chi connectivity index (χ0n) is 15.0. The van der Waals surface area contributed by atoms with Gasteiger partial charge in [-0.05, 0) is 30.8 Å². The highest BCUT2D eigenvalue weighted by Crippen LogP contribution is 2.20. The van der Waals surface area contributed by atoms with E-state index >= 15 is 0 Å². The van der Waals surface area contributed by atoms with E-state index < -0.39 is 33.8 Å². The third-order valence-electron chi connectivity index (χ3n) is 3.97. The zero-order chi connectivity index (χ0) is 20.2. The molecule has 10 heteroatoms. The Morgan fingerprint density at radius 2 is 1.89 bits per heavy atom. The Morgan fingerprint density at radius 1 is 1.26 bits per heavy atom. The quantitative estimate of drug-likeness (QED) is 0.681. The number of hydrogen-bond acceptors (Lipinski definition) is 5. The van der Waals surface area contributed by atoms with Gasteiger partial charge in [0.25, 0.3) is 5.91 Å². The molecule has 146 valence electrons. The minimum atomic E-state index is -3.71. The van der Waals surface area contributed by atoms with Gasteiger partial charge in [0.1, 0.15) is 16.4 Å². The highest BCUT2D eigenvalue weighted by Gasteiger charge is 2.23. The summed E-state index contributed by atoms with van der Waals surface area (Å²) in [7, 11) is 0.303. The number of methoxy groups -OCH3 is 1. The number of aromatic nitrogens is 1. The Balaban J connectivity index is 2.30. The molecular formula is C17H20FN3O5S. The van der Waals surface area contributed by atoms with E-state index in [2.05, 4.69) is 14.8 Å². The van der Waals surface area contributed by atoms with E-state index in [4.69, 9.17) is 0 Å². The first-order valence-corrected chi connectivity index (χ1v) is 9.39. The topological polar surface area (TPSA) is 106 Å². The van der Waals surface area contributed by atoms with Crippen molar-refractivity contribution in [1.29, 1.82) is 0 Å². The molecule has 1 amide bonds. The summed E-state index contributed by atoms with van der Waals surface area (Å²) in [6.45, 7) is 0. The summed E-state index contributed by atoms with van der Waals surface area (Å²) in [4.78, 5) is 24.3. The number of nitrogens with zero attached hydrogens (tertiary/aromatic N) is 1. The predicted octanol–water partition coefficient (Wildman–Crippen LogP) is 1.11. The fourth-order valence-corrected chi connectivity index (χ4v) is 3.25. The van der Waals surface area contributed by atoms with Crippen molar-refractivity contribution in [1.82, 2.24) is 14.6 Å². The minimum absolute atomic E-state index is 0.0658. The first kappa shape index (κ1) is 20.6. The van der Waals surface area contributed by atoms with Gasteiger partial charge in [0, 0.05) is 13.2 Å². The van der Waals surface area contributed by atoms with E-state index in [9.17, 15) is 22.4 Å². The van der Waals surface area contributed by atoms with Crippen LogP contribution in [0.15, 0.2) is 41.4 Å². The van der Waals surface area contributed by atoms with Crippen molar-refractivity contribution < 1.29 is 27.1 Å². The standard InChI is InChI=1S/C17H20FN3O5S/c1-19-27(24,25)13-8-15(21(2)10-13)17(23)20-14(9-16(22)26-3)11-4-6-12(18)7-5-11/h4-8,10,14,19H,9H2,1-3H3,(H,20,23). The Morgan fingerprint density at radius 3 is 2.44 bits per heavy atom. The maximum absolute atomic E-state index is 13.2. The van der Waals surface area contributed by atoms with Crippen molar-refractivity contribution in [3.8, 4) is 0 Å². The Hall–Kier alpha value is -2.72. The van der Waals surface area contributed by atoms with Crippen LogP contribution in [0, 0.1) is 5.82 Å². The van der Waals surface area contributed by atoms with Crippen LogP contribution in [0.3, 0.4) is 0 Å². The molecule has 0 spiro atoms. The van der Waals surface area contributed by atoms with E-state index in [0.29, 0.717) is 5.56 Å². The molecular weight excluding hydrogens is 377 g/mol. The van der Waals surface area contributed by atoms with Gasteiger partial charge in [-0.3, -0.25) is 9.59 Å². The summed E-state index contributed by atoms with van der Waals surface area (Å²) in [5.41, 5.74) is 0.591. The molecule has 0 radical (unpaired) electrons. The lowest BCUT2D eigenvalue weighted by atomic mass is 10.0. The molecule has 0 aliphatic heterocycles. The monoisotopic (exact) mass is 397 g/mol. The molecule has 1 aromatic heterocycles. The molecule has 0 bridgehead atoms. The SMILES string of the molecule is CNS(=O)(=O)c1cc(C(=O)NC(CC(=O)OC)c2ccc(F)cc2)n(C)c1. The lowest BCUT2D eigenvalue weighted by molar-refractivity contribution is -0.141. The van der Waals surface area contributed by atoms with Crippen LogP contribution in [0.5, 0.6) is 0 Å². The van der Waals surface area contributed by atoms with Crippen molar-refractivity contribution >= 4 is 21.9 Å². The minimum Gasteiger partial charge on any atom is -0.469 e. The number of halogens is 1. The number of ether oxygens (including phenoxy) is 1. The number of amides is 1. The third kappa shape index (κ3) is 4.92. The van der Waals surface area contributed by atoms with E-state index in [-0.39, 0.29) is 17.0 Å². The molecule has 1 atom stereocenters. The number of aryl methyl sites for hydroxylation is 1. The van der Waals surface area contributed by atoms with Crippen LogP contribution in [0.25, 0.3) is 0 Å².